The van der Waals surface area contributed by atoms with Crippen LogP contribution in [0.4, 0.5) is 0 Å². The van der Waals surface area contributed by atoms with Gasteiger partial charge in [-0.15, -0.1) is 0 Å². The van der Waals surface area contributed by atoms with Gasteiger partial charge in [-0.1, -0.05) is 18.2 Å². The summed E-state index contributed by atoms with van der Waals surface area (Å²) >= 11 is 0. The molecule has 6 nitrogen and oxygen atoms in total. The van der Waals surface area contributed by atoms with Crippen molar-refractivity contribution >= 4 is 5.91 Å². The first-order valence-corrected chi connectivity index (χ1v) is 9.75. The van der Waals surface area contributed by atoms with E-state index in [0.717, 1.165) is 44.6 Å². The van der Waals surface area contributed by atoms with Gasteiger partial charge in [0.1, 0.15) is 11.4 Å². The van der Waals surface area contributed by atoms with Crippen LogP contribution >= 0.6 is 0 Å². The Hall–Kier alpha value is -2.34. The number of amides is 1. The van der Waals surface area contributed by atoms with Gasteiger partial charge in [-0.25, -0.2) is 0 Å². The molecule has 0 radical (unpaired) electrons. The fourth-order valence-electron chi connectivity index (χ4n) is 4.49. The maximum Gasteiger partial charge on any atom is 0.220 e. The number of nitrogens with one attached hydrogen (secondary N) is 1. The number of aryl methyl sites for hydroxylation is 1. The number of piperidine rings is 1. The number of hydrogen-bond acceptors (Lipinski definition) is 4. The van der Waals surface area contributed by atoms with Gasteiger partial charge >= 0.3 is 0 Å². The van der Waals surface area contributed by atoms with Gasteiger partial charge in [0, 0.05) is 57.8 Å². The molecule has 0 saturated carbocycles. The largest absolute Gasteiger partial charge is 0.487 e. The van der Waals surface area contributed by atoms with E-state index in [2.05, 4.69) is 33.6 Å². The van der Waals surface area contributed by atoms with Crippen molar-refractivity contribution in [2.75, 3.05) is 20.1 Å². The second-order valence-corrected chi connectivity index (χ2v) is 7.90. The van der Waals surface area contributed by atoms with Crippen molar-refractivity contribution in [3.8, 4) is 5.75 Å². The monoisotopic (exact) mass is 368 g/mol. The molecule has 144 valence electrons. The summed E-state index contributed by atoms with van der Waals surface area (Å²) in [5.74, 6) is 1.28. The van der Waals surface area contributed by atoms with Gasteiger partial charge < -0.3 is 10.1 Å². The van der Waals surface area contributed by atoms with Crippen LogP contribution in [0.15, 0.2) is 36.7 Å². The van der Waals surface area contributed by atoms with Crippen LogP contribution in [0, 0.1) is 0 Å². The Balaban J connectivity index is 1.46. The number of para-hydroxylation sites is 1. The Morgan fingerprint density at radius 2 is 2.11 bits per heavy atom. The molecule has 4 rings (SSSR count). The molecular formula is C21H28N4O2. The standard InChI is InChI=1S/C21H28N4O2/c1-22-20(26)11-17-12-21(27-19-6-4-3-5-18(17)19)7-9-25(10-8-21)15-16-13-23-24(2)14-16/h3-6,13-14,17H,7-12,15H2,1-2H3,(H,22,26)/t17-/m0/s1. The van der Waals surface area contributed by atoms with Gasteiger partial charge in [0.15, 0.2) is 0 Å². The van der Waals surface area contributed by atoms with Crippen LogP contribution in [0.3, 0.4) is 0 Å². The minimum atomic E-state index is -0.154. The molecule has 2 aliphatic heterocycles. The third-order valence-corrected chi connectivity index (χ3v) is 5.95. The van der Waals surface area contributed by atoms with Crippen LogP contribution in [0.2, 0.25) is 0 Å². The van der Waals surface area contributed by atoms with Crippen LogP contribution in [0.25, 0.3) is 0 Å². The summed E-state index contributed by atoms with van der Waals surface area (Å²) in [5, 5.41) is 7.04. The van der Waals surface area contributed by atoms with Crippen LogP contribution in [-0.2, 0) is 18.4 Å². The van der Waals surface area contributed by atoms with Crippen molar-refractivity contribution in [2.24, 2.45) is 7.05 Å². The van der Waals surface area contributed by atoms with Crippen molar-refractivity contribution in [1.29, 1.82) is 0 Å². The molecule has 6 heteroatoms. The third-order valence-electron chi connectivity index (χ3n) is 5.95. The minimum absolute atomic E-state index is 0.0980. The SMILES string of the molecule is CNC(=O)C[C@H]1CC2(CCN(Cc3cnn(C)c3)CC2)Oc2ccccc21. The zero-order valence-corrected chi connectivity index (χ0v) is 16.1. The number of likely N-dealkylation sites (tertiary alicyclic amines) is 1. The molecule has 1 aromatic carbocycles. The van der Waals surface area contributed by atoms with Crippen molar-refractivity contribution in [3.05, 3.63) is 47.8 Å². The smallest absolute Gasteiger partial charge is 0.220 e. The van der Waals surface area contributed by atoms with E-state index in [1.165, 1.54) is 11.1 Å². The molecule has 1 fully saturated rings. The average molecular weight is 368 g/mol. The summed E-state index contributed by atoms with van der Waals surface area (Å²) in [6.45, 7) is 2.94. The fourth-order valence-corrected chi connectivity index (χ4v) is 4.49. The van der Waals surface area contributed by atoms with Crippen LogP contribution in [-0.4, -0.2) is 46.3 Å². The highest BCUT2D eigenvalue weighted by Crippen LogP contribution is 2.46. The predicted molar refractivity (Wildman–Crippen MR) is 104 cm³/mol. The number of ether oxygens (including phenoxy) is 1. The molecule has 1 amide bonds. The van der Waals surface area contributed by atoms with Crippen LogP contribution in [0.1, 0.15) is 42.7 Å². The maximum atomic E-state index is 12.1. The van der Waals surface area contributed by atoms with E-state index >= 15 is 0 Å². The highest BCUT2D eigenvalue weighted by Gasteiger charge is 2.43. The Kier molecular flexibility index (Phi) is 4.91. The number of carbonyl (C=O) groups excluding carboxylic acids is 1. The Morgan fingerprint density at radius 3 is 2.81 bits per heavy atom. The highest BCUT2D eigenvalue weighted by molar-refractivity contribution is 5.76. The molecule has 2 aromatic rings. The van der Waals surface area contributed by atoms with Gasteiger partial charge in [0.2, 0.25) is 5.91 Å². The van der Waals surface area contributed by atoms with Crippen molar-refractivity contribution in [1.82, 2.24) is 20.0 Å². The molecule has 0 bridgehead atoms. The van der Waals surface area contributed by atoms with E-state index in [0.29, 0.717) is 6.42 Å². The normalized spacial score (nSPS) is 21.5. The summed E-state index contributed by atoms with van der Waals surface area (Å²) < 4.78 is 8.39. The van der Waals surface area contributed by atoms with Gasteiger partial charge in [-0.2, -0.15) is 5.10 Å². The molecule has 1 aromatic heterocycles. The third kappa shape index (κ3) is 3.86. The van der Waals surface area contributed by atoms with E-state index in [-0.39, 0.29) is 17.4 Å². The quantitative estimate of drug-likeness (QED) is 0.901. The number of nitrogens with zero attached hydrogens (tertiary/aromatic N) is 3. The van der Waals surface area contributed by atoms with Crippen molar-refractivity contribution in [2.45, 2.75) is 43.7 Å². The molecule has 27 heavy (non-hydrogen) atoms. The van der Waals surface area contributed by atoms with E-state index < -0.39 is 0 Å². The van der Waals surface area contributed by atoms with Crippen LogP contribution in [0.5, 0.6) is 5.75 Å². The Labute approximate surface area is 160 Å². The molecule has 2 aliphatic rings. The van der Waals surface area contributed by atoms with E-state index in [4.69, 9.17) is 4.74 Å². The van der Waals surface area contributed by atoms with Gasteiger partial charge in [0.25, 0.3) is 0 Å². The fraction of sp³-hybridized carbons (Fsp3) is 0.524. The molecular weight excluding hydrogens is 340 g/mol. The lowest BCUT2D eigenvalue weighted by Gasteiger charge is -2.47. The Morgan fingerprint density at radius 1 is 1.33 bits per heavy atom. The molecule has 0 aliphatic carbocycles. The van der Waals surface area contributed by atoms with Gasteiger partial charge in [-0.05, 0) is 30.9 Å². The second kappa shape index (κ2) is 7.35. The lowest BCUT2D eigenvalue weighted by atomic mass is 9.76. The first-order chi connectivity index (χ1) is 13.1. The predicted octanol–water partition coefficient (Wildman–Crippen LogP) is 2.46. The Bertz CT molecular complexity index is 808. The van der Waals surface area contributed by atoms with Gasteiger partial charge in [-0.3, -0.25) is 14.4 Å². The van der Waals surface area contributed by atoms with E-state index in [9.17, 15) is 4.79 Å². The topological polar surface area (TPSA) is 59.4 Å². The maximum absolute atomic E-state index is 12.1. The number of benzene rings is 1. The number of aromatic nitrogens is 2. The highest BCUT2D eigenvalue weighted by atomic mass is 16.5. The molecule has 1 N–H and O–H groups in total. The summed E-state index contributed by atoms with van der Waals surface area (Å²) in [6.07, 6.45) is 7.45. The lowest BCUT2D eigenvalue weighted by molar-refractivity contribution is -0.121. The first kappa shape index (κ1) is 18.0. The second-order valence-electron chi connectivity index (χ2n) is 7.90. The molecule has 1 spiro atoms. The average Bonchev–Trinajstić information content (AvgIpc) is 3.08. The molecule has 0 unspecified atom stereocenters. The van der Waals surface area contributed by atoms with E-state index in [1.54, 1.807) is 7.05 Å². The zero-order chi connectivity index (χ0) is 18.9. The summed E-state index contributed by atoms with van der Waals surface area (Å²) in [5.41, 5.74) is 2.27. The number of carbonyl (C=O) groups is 1. The molecule has 1 saturated heterocycles. The molecule has 3 heterocycles. The van der Waals surface area contributed by atoms with Gasteiger partial charge in [0.05, 0.1) is 6.20 Å². The summed E-state index contributed by atoms with van der Waals surface area (Å²) in [7, 11) is 3.66. The first-order valence-electron chi connectivity index (χ1n) is 9.75. The van der Waals surface area contributed by atoms with E-state index in [1.807, 2.05) is 30.1 Å². The van der Waals surface area contributed by atoms with Crippen molar-refractivity contribution in [3.63, 3.8) is 0 Å². The molecule has 1 atom stereocenters. The lowest BCUT2D eigenvalue weighted by Crippen LogP contribution is -2.50. The van der Waals surface area contributed by atoms with Crippen molar-refractivity contribution < 1.29 is 9.53 Å². The summed E-state index contributed by atoms with van der Waals surface area (Å²) in [4.78, 5) is 14.5. The minimum Gasteiger partial charge on any atom is -0.487 e. The number of fused-ring (bicyclic) bond motifs is 1. The number of hydrogen-bond donors (Lipinski definition) is 1. The van der Waals surface area contributed by atoms with Crippen LogP contribution < -0.4 is 10.1 Å². The zero-order valence-electron chi connectivity index (χ0n) is 16.1. The summed E-state index contributed by atoms with van der Waals surface area (Å²) in [6, 6.07) is 8.21. The number of rotatable bonds is 4.